The highest BCUT2D eigenvalue weighted by atomic mass is 16.3. The lowest BCUT2D eigenvalue weighted by atomic mass is 10.0. The van der Waals surface area contributed by atoms with E-state index in [9.17, 15) is 9.59 Å². The lowest BCUT2D eigenvalue weighted by molar-refractivity contribution is -0.142. The number of amides is 2. The molecular weight excluding hydrogens is 320 g/mol. The quantitative estimate of drug-likeness (QED) is 0.881. The molecule has 25 heavy (non-hydrogen) atoms. The summed E-state index contributed by atoms with van der Waals surface area (Å²) in [7, 11) is 1.80. The SMILES string of the molecule is C[C@H]1C(=O)N(C)C[C@@H](CNC(=O)c2ccoc2)N1Cc1cccnc1. The Morgan fingerprint density at radius 1 is 1.44 bits per heavy atom. The average Bonchev–Trinajstić information content (AvgIpc) is 3.16. The topological polar surface area (TPSA) is 78.7 Å². The smallest absolute Gasteiger partial charge is 0.254 e. The molecule has 1 N–H and O–H groups in total. The molecule has 1 aliphatic rings. The van der Waals surface area contributed by atoms with E-state index in [1.807, 2.05) is 19.1 Å². The second kappa shape index (κ2) is 7.48. The first-order valence-electron chi connectivity index (χ1n) is 8.26. The molecular formula is C18H22N4O3. The van der Waals surface area contributed by atoms with Crippen LogP contribution < -0.4 is 5.32 Å². The number of carbonyl (C=O) groups excluding carboxylic acids is 2. The molecule has 0 bridgehead atoms. The molecule has 0 aliphatic carbocycles. The Morgan fingerprint density at radius 3 is 2.96 bits per heavy atom. The highest BCUT2D eigenvalue weighted by molar-refractivity contribution is 5.93. The molecule has 132 valence electrons. The maximum atomic E-state index is 12.4. The van der Waals surface area contributed by atoms with Gasteiger partial charge in [0, 0.05) is 45.1 Å². The number of aromatic nitrogens is 1. The van der Waals surface area contributed by atoms with Crippen LogP contribution in [-0.2, 0) is 11.3 Å². The predicted molar refractivity (Wildman–Crippen MR) is 91.7 cm³/mol. The summed E-state index contributed by atoms with van der Waals surface area (Å²) in [6.07, 6.45) is 6.42. The molecule has 2 amide bonds. The van der Waals surface area contributed by atoms with Crippen molar-refractivity contribution in [2.45, 2.75) is 25.6 Å². The van der Waals surface area contributed by atoms with Gasteiger partial charge in [-0.15, -0.1) is 0 Å². The molecule has 2 aromatic heterocycles. The van der Waals surface area contributed by atoms with Gasteiger partial charge in [-0.05, 0) is 24.6 Å². The first-order valence-corrected chi connectivity index (χ1v) is 8.26. The lowest BCUT2D eigenvalue weighted by Crippen LogP contribution is -2.62. The summed E-state index contributed by atoms with van der Waals surface area (Å²) in [6.45, 7) is 3.53. The van der Waals surface area contributed by atoms with E-state index in [1.165, 1.54) is 12.5 Å². The zero-order chi connectivity index (χ0) is 17.8. The zero-order valence-corrected chi connectivity index (χ0v) is 14.4. The minimum absolute atomic E-state index is 0.0220. The van der Waals surface area contributed by atoms with Gasteiger partial charge in [-0.25, -0.2) is 0 Å². The van der Waals surface area contributed by atoms with Crippen molar-refractivity contribution in [3.05, 3.63) is 54.2 Å². The third-order valence-electron chi connectivity index (χ3n) is 4.55. The first kappa shape index (κ1) is 17.2. The van der Waals surface area contributed by atoms with Crippen molar-refractivity contribution in [1.29, 1.82) is 0 Å². The number of piperazine rings is 1. The van der Waals surface area contributed by atoms with Crippen LogP contribution in [0.2, 0.25) is 0 Å². The van der Waals surface area contributed by atoms with Crippen LogP contribution >= 0.6 is 0 Å². The van der Waals surface area contributed by atoms with Crippen molar-refractivity contribution in [1.82, 2.24) is 20.1 Å². The fourth-order valence-corrected chi connectivity index (χ4v) is 3.14. The molecule has 2 aromatic rings. The van der Waals surface area contributed by atoms with Gasteiger partial charge in [-0.2, -0.15) is 0 Å². The fourth-order valence-electron chi connectivity index (χ4n) is 3.14. The van der Waals surface area contributed by atoms with Gasteiger partial charge in [0.2, 0.25) is 5.91 Å². The number of hydrogen-bond donors (Lipinski definition) is 1. The minimum atomic E-state index is -0.255. The molecule has 3 rings (SSSR count). The molecule has 1 fully saturated rings. The summed E-state index contributed by atoms with van der Waals surface area (Å²) in [4.78, 5) is 32.5. The Balaban J connectivity index is 1.71. The van der Waals surface area contributed by atoms with Crippen LogP contribution in [0.5, 0.6) is 0 Å². The predicted octanol–water partition coefficient (Wildman–Crippen LogP) is 1.14. The van der Waals surface area contributed by atoms with Crippen molar-refractivity contribution in [3.63, 3.8) is 0 Å². The van der Waals surface area contributed by atoms with Crippen LogP contribution in [0.1, 0.15) is 22.8 Å². The van der Waals surface area contributed by atoms with Gasteiger partial charge < -0.3 is 14.6 Å². The number of furan rings is 1. The van der Waals surface area contributed by atoms with Crippen molar-refractivity contribution < 1.29 is 14.0 Å². The van der Waals surface area contributed by atoms with E-state index >= 15 is 0 Å². The van der Waals surface area contributed by atoms with E-state index in [-0.39, 0.29) is 23.9 Å². The summed E-state index contributed by atoms with van der Waals surface area (Å²) in [5, 5.41) is 2.93. The van der Waals surface area contributed by atoms with E-state index < -0.39 is 0 Å². The number of rotatable bonds is 5. The summed E-state index contributed by atoms with van der Waals surface area (Å²) >= 11 is 0. The largest absolute Gasteiger partial charge is 0.472 e. The second-order valence-electron chi connectivity index (χ2n) is 6.30. The molecule has 0 unspecified atom stereocenters. The van der Waals surface area contributed by atoms with Gasteiger partial charge in [-0.3, -0.25) is 19.5 Å². The maximum Gasteiger partial charge on any atom is 0.254 e. The molecule has 0 radical (unpaired) electrons. The van der Waals surface area contributed by atoms with Gasteiger partial charge in [0.15, 0.2) is 0 Å². The van der Waals surface area contributed by atoms with Crippen molar-refractivity contribution in [3.8, 4) is 0 Å². The fraction of sp³-hybridized carbons (Fsp3) is 0.389. The number of likely N-dealkylation sites (N-methyl/N-ethyl adjacent to an activating group) is 1. The van der Waals surface area contributed by atoms with Gasteiger partial charge in [-0.1, -0.05) is 6.07 Å². The summed E-state index contributed by atoms with van der Waals surface area (Å²) in [5.74, 6) is -0.0939. The third-order valence-corrected chi connectivity index (χ3v) is 4.55. The molecule has 2 atom stereocenters. The second-order valence-corrected chi connectivity index (χ2v) is 6.30. The molecule has 0 aromatic carbocycles. The van der Waals surface area contributed by atoms with Crippen LogP contribution in [0.3, 0.4) is 0 Å². The highest BCUT2D eigenvalue weighted by Crippen LogP contribution is 2.19. The molecule has 0 spiro atoms. The molecule has 7 nitrogen and oxygen atoms in total. The molecule has 1 saturated heterocycles. The van der Waals surface area contributed by atoms with Crippen molar-refractivity contribution >= 4 is 11.8 Å². The summed E-state index contributed by atoms with van der Waals surface area (Å²) in [5.41, 5.74) is 1.53. The number of carbonyl (C=O) groups is 2. The van der Waals surface area contributed by atoms with Gasteiger partial charge in [0.25, 0.3) is 5.91 Å². The minimum Gasteiger partial charge on any atom is -0.472 e. The maximum absolute atomic E-state index is 12.4. The number of hydrogen-bond acceptors (Lipinski definition) is 5. The summed E-state index contributed by atoms with van der Waals surface area (Å²) < 4.78 is 4.94. The Bertz CT molecular complexity index is 717. The Hall–Kier alpha value is -2.67. The molecule has 1 aliphatic heterocycles. The van der Waals surface area contributed by atoms with Gasteiger partial charge >= 0.3 is 0 Å². The Labute approximate surface area is 146 Å². The van der Waals surface area contributed by atoms with E-state index in [0.29, 0.717) is 25.2 Å². The van der Waals surface area contributed by atoms with Crippen LogP contribution in [0.25, 0.3) is 0 Å². The standard InChI is InChI=1S/C18H22N4O3/c1-13-18(24)21(2)11-16(9-20-17(23)15-5-7-25-12-15)22(13)10-14-4-3-6-19-8-14/h3-8,12-13,16H,9-11H2,1-2H3,(H,20,23)/t13-,16+/m0/s1. The summed E-state index contributed by atoms with van der Waals surface area (Å²) in [6, 6.07) is 5.27. The normalized spacial score (nSPS) is 21.4. The molecule has 7 heteroatoms. The number of nitrogens with zero attached hydrogens (tertiary/aromatic N) is 3. The Morgan fingerprint density at radius 2 is 2.28 bits per heavy atom. The first-order chi connectivity index (χ1) is 12.1. The number of pyridine rings is 1. The van der Waals surface area contributed by atoms with Crippen molar-refractivity contribution in [2.24, 2.45) is 0 Å². The van der Waals surface area contributed by atoms with Gasteiger partial charge in [0.1, 0.15) is 6.26 Å². The molecule has 0 saturated carbocycles. The highest BCUT2D eigenvalue weighted by Gasteiger charge is 2.36. The van der Waals surface area contributed by atoms with Crippen molar-refractivity contribution in [2.75, 3.05) is 20.1 Å². The lowest BCUT2D eigenvalue weighted by Gasteiger charge is -2.43. The van der Waals surface area contributed by atoms with Crippen LogP contribution in [-0.4, -0.2) is 58.8 Å². The number of nitrogens with one attached hydrogen (secondary N) is 1. The van der Waals surface area contributed by atoms with E-state index in [4.69, 9.17) is 4.42 Å². The molecule has 3 heterocycles. The zero-order valence-electron chi connectivity index (χ0n) is 14.4. The monoisotopic (exact) mass is 342 g/mol. The van der Waals surface area contributed by atoms with E-state index in [0.717, 1.165) is 5.56 Å². The van der Waals surface area contributed by atoms with Gasteiger partial charge in [0.05, 0.1) is 17.9 Å². The van der Waals surface area contributed by atoms with E-state index in [2.05, 4.69) is 15.2 Å². The van der Waals surface area contributed by atoms with Crippen LogP contribution in [0.4, 0.5) is 0 Å². The van der Waals surface area contributed by atoms with Crippen LogP contribution in [0, 0.1) is 0 Å². The average molecular weight is 342 g/mol. The van der Waals surface area contributed by atoms with Crippen LogP contribution in [0.15, 0.2) is 47.5 Å². The van der Waals surface area contributed by atoms with E-state index in [1.54, 1.807) is 30.4 Å². The third kappa shape index (κ3) is 3.88. The Kier molecular flexibility index (Phi) is 5.14.